The third-order valence-electron chi connectivity index (χ3n) is 10.5. The fourth-order valence-electron chi connectivity index (χ4n) is 7.32. The van der Waals surface area contributed by atoms with E-state index < -0.39 is 35.4 Å². The molecule has 0 aromatic carbocycles. The molecule has 0 aromatic rings. The highest BCUT2D eigenvalue weighted by Gasteiger charge is 2.68. The van der Waals surface area contributed by atoms with Gasteiger partial charge in [0, 0.05) is 18.4 Å². The number of hydrogen-bond acceptors (Lipinski definition) is 5. The van der Waals surface area contributed by atoms with E-state index in [0.29, 0.717) is 18.9 Å². The molecular weight excluding hydrogens is 454 g/mol. The van der Waals surface area contributed by atoms with Crippen molar-refractivity contribution in [3.8, 4) is 0 Å². The van der Waals surface area contributed by atoms with Crippen molar-refractivity contribution in [1.29, 1.82) is 0 Å². The molecule has 3 heterocycles. The highest BCUT2D eigenvalue weighted by Crippen LogP contribution is 2.68. The molecule has 0 aromatic heterocycles. The lowest BCUT2D eigenvalue weighted by Gasteiger charge is -2.48. The van der Waals surface area contributed by atoms with Crippen LogP contribution in [0.3, 0.4) is 0 Å². The van der Waals surface area contributed by atoms with Crippen LogP contribution in [0, 0.1) is 16.7 Å². The van der Waals surface area contributed by atoms with Gasteiger partial charge < -0.3 is 9.16 Å². The first-order valence-corrected chi connectivity index (χ1v) is 17.1. The summed E-state index contributed by atoms with van der Waals surface area (Å²) >= 11 is 0. The molecule has 6 atom stereocenters. The SMILES string of the molecule is CC1(C)[C@@H]2CC[C@@]1(CS(=O)(=O)N1CC[C@@]34C=C[C@@H](CC(=O)[C@H]13)O4)[C@H](O[Si](C)(C)C(C)(C)C)C2. The standard InChI is InChI=1S/C25H41NO5SSi/c1-22(2,3)33(6,7)31-20-14-17-8-10-24(20,23(17,4)5)16-32(28,29)26-13-12-25-11-9-18(30-25)15-19(27)21(25)26/h9,11,17-18,20-21H,8,10,12-16H2,1-7H3/t17-,18+,20-,21+,24-,25+/m1/s1. The zero-order chi connectivity index (χ0) is 24.2. The van der Waals surface area contributed by atoms with E-state index in [1.54, 1.807) is 0 Å². The Bertz CT molecular complexity index is 999. The monoisotopic (exact) mass is 495 g/mol. The largest absolute Gasteiger partial charge is 0.413 e. The van der Waals surface area contributed by atoms with Crippen molar-refractivity contribution in [2.24, 2.45) is 16.7 Å². The third-order valence-corrected chi connectivity index (χ3v) is 17.0. The Hall–Kier alpha value is -0.543. The predicted molar refractivity (Wildman–Crippen MR) is 131 cm³/mol. The van der Waals surface area contributed by atoms with Gasteiger partial charge in [-0.25, -0.2) is 8.42 Å². The van der Waals surface area contributed by atoms with Gasteiger partial charge in [0.1, 0.15) is 11.6 Å². The molecule has 5 rings (SSSR count). The van der Waals surface area contributed by atoms with E-state index in [1.807, 2.05) is 12.2 Å². The van der Waals surface area contributed by atoms with Crippen LogP contribution in [-0.4, -0.2) is 63.0 Å². The maximum atomic E-state index is 14.1. The Balaban J connectivity index is 1.47. The quantitative estimate of drug-likeness (QED) is 0.421. The van der Waals surface area contributed by atoms with Crippen molar-refractivity contribution in [2.45, 2.75) is 109 Å². The zero-order valence-electron chi connectivity index (χ0n) is 21.3. The fourth-order valence-corrected chi connectivity index (χ4v) is 11.2. The molecular formula is C25H41NO5SSi. The maximum absolute atomic E-state index is 14.1. The Kier molecular flexibility index (Phi) is 5.14. The van der Waals surface area contributed by atoms with E-state index in [-0.39, 0.29) is 40.6 Å². The Labute approximate surface area is 200 Å². The van der Waals surface area contributed by atoms with Crippen molar-refractivity contribution >= 4 is 24.1 Å². The first kappa shape index (κ1) is 24.2. The van der Waals surface area contributed by atoms with Gasteiger partial charge >= 0.3 is 0 Å². The van der Waals surface area contributed by atoms with Crippen LogP contribution in [0.15, 0.2) is 12.2 Å². The lowest BCUT2D eigenvalue weighted by Crippen LogP contribution is -2.58. The minimum atomic E-state index is -3.68. The predicted octanol–water partition coefficient (Wildman–Crippen LogP) is 4.27. The number of hydrogen-bond donors (Lipinski definition) is 0. The van der Waals surface area contributed by atoms with Gasteiger partial charge in [-0.15, -0.1) is 0 Å². The second-order valence-electron chi connectivity index (χ2n) is 13.4. The highest BCUT2D eigenvalue weighted by molar-refractivity contribution is 7.89. The molecule has 1 spiro atoms. The summed E-state index contributed by atoms with van der Waals surface area (Å²) in [6.07, 6.45) is 7.35. The van der Waals surface area contributed by atoms with Crippen LogP contribution in [-0.2, 0) is 24.0 Å². The van der Waals surface area contributed by atoms with Gasteiger partial charge in [0.25, 0.3) is 0 Å². The summed E-state index contributed by atoms with van der Waals surface area (Å²) in [5.41, 5.74) is -1.30. The highest BCUT2D eigenvalue weighted by atomic mass is 32.2. The number of carbonyl (C=O) groups excluding carboxylic acids is 1. The molecule has 33 heavy (non-hydrogen) atoms. The summed E-state index contributed by atoms with van der Waals surface area (Å²) in [4.78, 5) is 13.0. The molecule has 2 saturated heterocycles. The molecule has 4 bridgehead atoms. The molecule has 2 aliphatic carbocycles. The fraction of sp³-hybridized carbons (Fsp3) is 0.880. The van der Waals surface area contributed by atoms with E-state index in [4.69, 9.17) is 9.16 Å². The van der Waals surface area contributed by atoms with E-state index in [1.165, 1.54) is 4.31 Å². The normalized spacial score (nSPS) is 42.3. The van der Waals surface area contributed by atoms with E-state index in [0.717, 1.165) is 19.3 Å². The number of nitrogens with zero attached hydrogens (tertiary/aromatic N) is 1. The molecule has 0 unspecified atom stereocenters. The number of sulfonamides is 1. The lowest BCUT2D eigenvalue weighted by atomic mass is 9.70. The molecule has 0 N–H and O–H groups in total. The average Bonchev–Trinajstić information content (AvgIpc) is 3.34. The van der Waals surface area contributed by atoms with Gasteiger partial charge in [-0.2, -0.15) is 4.31 Å². The van der Waals surface area contributed by atoms with E-state index in [9.17, 15) is 13.2 Å². The Morgan fingerprint density at radius 2 is 1.94 bits per heavy atom. The molecule has 3 aliphatic heterocycles. The zero-order valence-corrected chi connectivity index (χ0v) is 23.1. The summed E-state index contributed by atoms with van der Waals surface area (Å²) in [6.45, 7) is 16.1. The van der Waals surface area contributed by atoms with Crippen LogP contribution < -0.4 is 0 Å². The average molecular weight is 496 g/mol. The lowest BCUT2D eigenvalue weighted by molar-refractivity contribution is -0.142. The summed E-state index contributed by atoms with van der Waals surface area (Å²) in [7, 11) is -5.75. The number of ketones is 1. The minimum absolute atomic E-state index is 0.00104. The maximum Gasteiger partial charge on any atom is 0.215 e. The number of Topliss-reactive ketones (excluding diaryl/α,β-unsaturated/α-hetero) is 1. The number of rotatable bonds is 5. The summed E-state index contributed by atoms with van der Waals surface area (Å²) in [5, 5.41) is 0.0670. The second-order valence-corrected chi connectivity index (χ2v) is 20.1. The van der Waals surface area contributed by atoms with Crippen LogP contribution in [0.2, 0.25) is 18.1 Å². The van der Waals surface area contributed by atoms with Gasteiger partial charge in [0.15, 0.2) is 14.1 Å². The van der Waals surface area contributed by atoms with E-state index in [2.05, 4.69) is 47.7 Å². The first-order chi connectivity index (χ1) is 15.0. The molecule has 6 nitrogen and oxygen atoms in total. The second kappa shape index (κ2) is 7.02. The topological polar surface area (TPSA) is 72.9 Å². The molecule has 2 saturated carbocycles. The van der Waals surface area contributed by atoms with Gasteiger partial charge in [-0.3, -0.25) is 4.79 Å². The molecule has 8 heteroatoms. The van der Waals surface area contributed by atoms with Crippen molar-refractivity contribution < 1.29 is 22.4 Å². The van der Waals surface area contributed by atoms with Crippen LogP contribution >= 0.6 is 0 Å². The van der Waals surface area contributed by atoms with Crippen LogP contribution in [0.1, 0.15) is 66.7 Å². The Morgan fingerprint density at radius 1 is 1.24 bits per heavy atom. The van der Waals surface area contributed by atoms with E-state index >= 15 is 0 Å². The molecule has 4 fully saturated rings. The van der Waals surface area contributed by atoms with Gasteiger partial charge in [0.05, 0.1) is 18.0 Å². The number of carbonyl (C=O) groups is 1. The number of fused-ring (bicyclic) bond motifs is 3. The van der Waals surface area contributed by atoms with Crippen molar-refractivity contribution in [3.05, 3.63) is 12.2 Å². The van der Waals surface area contributed by atoms with Crippen molar-refractivity contribution in [3.63, 3.8) is 0 Å². The van der Waals surface area contributed by atoms with Crippen LogP contribution in [0.25, 0.3) is 0 Å². The van der Waals surface area contributed by atoms with Crippen molar-refractivity contribution in [2.75, 3.05) is 12.3 Å². The molecule has 0 radical (unpaired) electrons. The first-order valence-electron chi connectivity index (χ1n) is 12.6. The molecule has 186 valence electrons. The third kappa shape index (κ3) is 3.26. The number of ether oxygens (including phenoxy) is 1. The van der Waals surface area contributed by atoms with Crippen LogP contribution in [0.4, 0.5) is 0 Å². The van der Waals surface area contributed by atoms with Gasteiger partial charge in [-0.1, -0.05) is 46.8 Å². The summed E-state index contributed by atoms with van der Waals surface area (Å²) in [6, 6.07) is -0.713. The van der Waals surface area contributed by atoms with Gasteiger partial charge in [-0.05, 0) is 55.1 Å². The minimum Gasteiger partial charge on any atom is -0.413 e. The van der Waals surface area contributed by atoms with Gasteiger partial charge in [0.2, 0.25) is 10.0 Å². The smallest absolute Gasteiger partial charge is 0.215 e. The Morgan fingerprint density at radius 3 is 2.58 bits per heavy atom. The molecule has 5 aliphatic rings. The summed E-state index contributed by atoms with van der Waals surface area (Å²) in [5.74, 6) is 0.542. The molecule has 0 amide bonds. The van der Waals surface area contributed by atoms with Crippen LogP contribution in [0.5, 0.6) is 0 Å². The summed E-state index contributed by atoms with van der Waals surface area (Å²) < 4.78 is 42.8. The van der Waals surface area contributed by atoms with Crippen molar-refractivity contribution in [1.82, 2.24) is 4.31 Å².